The number of hydrogen-bond acceptors (Lipinski definition) is 2. The molecule has 1 saturated heterocycles. The molecular formula is C18H26O2. The van der Waals surface area contributed by atoms with Crippen LogP contribution in [0.3, 0.4) is 0 Å². The lowest BCUT2D eigenvalue weighted by Gasteiger charge is -2.43. The first-order valence-electron chi connectivity index (χ1n) is 8.05. The van der Waals surface area contributed by atoms with Crippen molar-refractivity contribution in [3.05, 3.63) is 29.3 Å². The highest BCUT2D eigenvalue weighted by Gasteiger charge is 2.39. The van der Waals surface area contributed by atoms with Crippen LogP contribution in [0.2, 0.25) is 0 Å². The van der Waals surface area contributed by atoms with Crippen LogP contribution >= 0.6 is 0 Å². The fourth-order valence-electron chi connectivity index (χ4n) is 3.66. The van der Waals surface area contributed by atoms with Gasteiger partial charge in [-0.1, -0.05) is 31.4 Å². The van der Waals surface area contributed by atoms with E-state index in [1.807, 2.05) is 0 Å². The van der Waals surface area contributed by atoms with Crippen LogP contribution in [-0.4, -0.2) is 18.3 Å². The lowest BCUT2D eigenvalue weighted by molar-refractivity contribution is -0.129. The van der Waals surface area contributed by atoms with Gasteiger partial charge in [0.05, 0.1) is 12.2 Å². The molecule has 2 aliphatic rings. The first kappa shape index (κ1) is 13.9. The van der Waals surface area contributed by atoms with Gasteiger partial charge in [0.25, 0.3) is 0 Å². The van der Waals surface area contributed by atoms with E-state index in [0.717, 1.165) is 25.2 Å². The predicted octanol–water partition coefficient (Wildman–Crippen LogP) is 4.56. The second kappa shape index (κ2) is 5.77. The van der Waals surface area contributed by atoms with Crippen LogP contribution < -0.4 is 4.74 Å². The van der Waals surface area contributed by atoms with E-state index in [1.54, 1.807) is 0 Å². The smallest absolute Gasteiger partial charge is 0.122 e. The monoisotopic (exact) mass is 274 g/mol. The second-order valence-corrected chi connectivity index (χ2v) is 6.52. The van der Waals surface area contributed by atoms with Crippen LogP contribution in [0.15, 0.2) is 18.2 Å². The Balaban J connectivity index is 1.69. The molecule has 1 atom stereocenters. The van der Waals surface area contributed by atoms with Crippen molar-refractivity contribution in [2.75, 3.05) is 6.61 Å². The summed E-state index contributed by atoms with van der Waals surface area (Å²) in [5.41, 5.74) is 2.71. The minimum Gasteiger partial charge on any atom is -0.490 e. The van der Waals surface area contributed by atoms with E-state index < -0.39 is 0 Å². The molecule has 1 heterocycles. The molecule has 110 valence electrons. The summed E-state index contributed by atoms with van der Waals surface area (Å²) < 4.78 is 12.5. The Morgan fingerprint density at radius 1 is 1.15 bits per heavy atom. The number of benzene rings is 1. The highest BCUT2D eigenvalue weighted by Crippen LogP contribution is 2.39. The molecule has 1 aromatic carbocycles. The first-order chi connectivity index (χ1) is 9.69. The van der Waals surface area contributed by atoms with Crippen molar-refractivity contribution in [3.63, 3.8) is 0 Å². The summed E-state index contributed by atoms with van der Waals surface area (Å²) in [6.07, 6.45) is 8.86. The van der Waals surface area contributed by atoms with Gasteiger partial charge < -0.3 is 9.47 Å². The third-order valence-electron chi connectivity index (χ3n) is 5.06. The molecule has 2 fully saturated rings. The zero-order valence-corrected chi connectivity index (χ0v) is 12.8. The SMILES string of the molecule is Cc1cccc(OC2CCOC3(CCCCC3)C2)c1C. The summed E-state index contributed by atoms with van der Waals surface area (Å²) in [6, 6.07) is 6.34. The molecule has 1 unspecified atom stereocenters. The quantitative estimate of drug-likeness (QED) is 0.787. The van der Waals surface area contributed by atoms with Gasteiger partial charge in [0.1, 0.15) is 11.9 Å². The van der Waals surface area contributed by atoms with E-state index >= 15 is 0 Å². The Kier molecular flexibility index (Phi) is 4.02. The summed E-state index contributed by atoms with van der Waals surface area (Å²) in [5.74, 6) is 1.06. The molecule has 2 nitrogen and oxygen atoms in total. The standard InChI is InChI=1S/C18H26O2/c1-14-7-6-8-17(15(14)2)20-16-9-12-19-18(13-16)10-4-3-5-11-18/h6-8,16H,3-5,9-13H2,1-2H3. The van der Waals surface area contributed by atoms with Crippen LogP contribution in [0.25, 0.3) is 0 Å². The maximum atomic E-state index is 6.31. The number of aryl methyl sites for hydroxylation is 1. The molecule has 1 saturated carbocycles. The molecule has 1 spiro atoms. The zero-order chi connectivity index (χ0) is 14.0. The average Bonchev–Trinajstić information content (AvgIpc) is 2.45. The van der Waals surface area contributed by atoms with Crippen LogP contribution in [-0.2, 0) is 4.74 Å². The van der Waals surface area contributed by atoms with Crippen molar-refractivity contribution in [2.45, 2.75) is 70.5 Å². The highest BCUT2D eigenvalue weighted by atomic mass is 16.5. The fourth-order valence-corrected chi connectivity index (χ4v) is 3.66. The first-order valence-corrected chi connectivity index (χ1v) is 8.05. The number of hydrogen-bond donors (Lipinski definition) is 0. The molecule has 0 radical (unpaired) electrons. The van der Waals surface area contributed by atoms with Crippen molar-refractivity contribution < 1.29 is 9.47 Å². The Morgan fingerprint density at radius 2 is 1.95 bits per heavy atom. The maximum Gasteiger partial charge on any atom is 0.122 e. The lowest BCUT2D eigenvalue weighted by Crippen LogP contribution is -2.45. The Bertz CT molecular complexity index is 455. The van der Waals surface area contributed by atoms with Crippen molar-refractivity contribution >= 4 is 0 Å². The summed E-state index contributed by atoms with van der Waals surface area (Å²) in [4.78, 5) is 0. The van der Waals surface area contributed by atoms with Gasteiger partial charge in [-0.25, -0.2) is 0 Å². The molecular weight excluding hydrogens is 248 g/mol. The summed E-state index contributed by atoms with van der Waals surface area (Å²) in [7, 11) is 0. The van der Waals surface area contributed by atoms with Gasteiger partial charge >= 0.3 is 0 Å². The minimum absolute atomic E-state index is 0.124. The Hall–Kier alpha value is -1.02. The van der Waals surface area contributed by atoms with Crippen molar-refractivity contribution in [1.29, 1.82) is 0 Å². The van der Waals surface area contributed by atoms with Gasteiger partial charge in [0.2, 0.25) is 0 Å². The van der Waals surface area contributed by atoms with Crippen LogP contribution in [0.4, 0.5) is 0 Å². The highest BCUT2D eigenvalue weighted by molar-refractivity contribution is 5.38. The molecule has 0 amide bonds. The molecule has 0 bridgehead atoms. The topological polar surface area (TPSA) is 18.5 Å². The molecule has 3 rings (SSSR count). The molecule has 2 heteroatoms. The van der Waals surface area contributed by atoms with Gasteiger partial charge in [-0.05, 0) is 43.9 Å². The number of ether oxygens (including phenoxy) is 2. The van der Waals surface area contributed by atoms with Crippen molar-refractivity contribution in [2.24, 2.45) is 0 Å². The second-order valence-electron chi connectivity index (χ2n) is 6.52. The largest absolute Gasteiger partial charge is 0.490 e. The molecule has 1 aliphatic carbocycles. The third-order valence-corrected chi connectivity index (χ3v) is 5.06. The molecule has 20 heavy (non-hydrogen) atoms. The van der Waals surface area contributed by atoms with Gasteiger partial charge in [-0.15, -0.1) is 0 Å². The Morgan fingerprint density at radius 3 is 2.75 bits per heavy atom. The van der Waals surface area contributed by atoms with E-state index in [9.17, 15) is 0 Å². The predicted molar refractivity (Wildman–Crippen MR) is 81.3 cm³/mol. The molecule has 0 aromatic heterocycles. The summed E-state index contributed by atoms with van der Waals surface area (Å²) >= 11 is 0. The van der Waals surface area contributed by atoms with Gasteiger partial charge in [-0.3, -0.25) is 0 Å². The molecule has 1 aliphatic heterocycles. The van der Waals surface area contributed by atoms with Crippen molar-refractivity contribution in [1.82, 2.24) is 0 Å². The number of rotatable bonds is 2. The van der Waals surface area contributed by atoms with Crippen LogP contribution in [0, 0.1) is 13.8 Å². The summed E-state index contributed by atoms with van der Waals surface area (Å²) in [6.45, 7) is 5.16. The van der Waals surface area contributed by atoms with E-state index in [4.69, 9.17) is 9.47 Å². The van der Waals surface area contributed by atoms with Crippen LogP contribution in [0.1, 0.15) is 56.1 Å². The summed E-state index contributed by atoms with van der Waals surface area (Å²) in [5, 5.41) is 0. The van der Waals surface area contributed by atoms with Gasteiger partial charge in [0, 0.05) is 12.8 Å². The zero-order valence-electron chi connectivity index (χ0n) is 12.8. The van der Waals surface area contributed by atoms with Gasteiger partial charge in [0.15, 0.2) is 0 Å². The van der Waals surface area contributed by atoms with E-state index in [0.29, 0.717) is 6.10 Å². The lowest BCUT2D eigenvalue weighted by atomic mass is 9.79. The van der Waals surface area contributed by atoms with E-state index in [2.05, 4.69) is 32.0 Å². The normalized spacial score (nSPS) is 25.6. The fraction of sp³-hybridized carbons (Fsp3) is 0.667. The maximum absolute atomic E-state index is 6.31. The van der Waals surface area contributed by atoms with Crippen LogP contribution in [0.5, 0.6) is 5.75 Å². The minimum atomic E-state index is 0.124. The van der Waals surface area contributed by atoms with Gasteiger partial charge in [-0.2, -0.15) is 0 Å². The van der Waals surface area contributed by atoms with Crippen molar-refractivity contribution in [3.8, 4) is 5.75 Å². The van der Waals surface area contributed by atoms with E-state index in [1.165, 1.54) is 43.2 Å². The molecule has 1 aromatic rings. The average molecular weight is 274 g/mol. The Labute approximate surface area is 122 Å². The van der Waals surface area contributed by atoms with E-state index in [-0.39, 0.29) is 5.60 Å². The third kappa shape index (κ3) is 2.85. The molecule has 0 N–H and O–H groups in total.